The summed E-state index contributed by atoms with van der Waals surface area (Å²) in [6.45, 7) is 0.0749. The predicted octanol–water partition coefficient (Wildman–Crippen LogP) is 3.49. The van der Waals surface area contributed by atoms with E-state index < -0.39 is 10.0 Å². The molecule has 0 saturated heterocycles. The smallest absolute Gasteiger partial charge is 0.242 e. The lowest BCUT2D eigenvalue weighted by Crippen LogP contribution is -2.23. The van der Waals surface area contributed by atoms with E-state index >= 15 is 0 Å². The van der Waals surface area contributed by atoms with Gasteiger partial charge in [-0.15, -0.1) is 0 Å². The average molecular weight is 376 g/mol. The van der Waals surface area contributed by atoms with E-state index in [9.17, 15) is 8.42 Å². The zero-order valence-electron chi connectivity index (χ0n) is 12.5. The van der Waals surface area contributed by atoms with Crippen molar-refractivity contribution in [1.82, 2.24) is 4.72 Å². The Hall–Kier alpha value is -1.47. The lowest BCUT2D eigenvalue weighted by Gasteiger charge is -2.11. The van der Waals surface area contributed by atoms with Crippen molar-refractivity contribution in [3.05, 3.63) is 52.0 Å². The maximum absolute atomic E-state index is 12.3. The molecule has 0 amide bonds. The number of sulfonamides is 1. The molecular formula is C15H15Cl2NO4S. The molecule has 0 aliphatic carbocycles. The summed E-state index contributed by atoms with van der Waals surface area (Å²) < 4.78 is 37.5. The molecule has 0 unspecified atom stereocenters. The molecule has 2 rings (SSSR count). The van der Waals surface area contributed by atoms with Crippen molar-refractivity contribution in [2.24, 2.45) is 0 Å². The van der Waals surface area contributed by atoms with Crippen molar-refractivity contribution in [3.63, 3.8) is 0 Å². The molecule has 0 fully saturated rings. The van der Waals surface area contributed by atoms with Crippen LogP contribution in [0.25, 0.3) is 0 Å². The van der Waals surface area contributed by atoms with Gasteiger partial charge in [0, 0.05) is 6.54 Å². The number of ether oxygens (including phenoxy) is 2. The fourth-order valence-electron chi connectivity index (χ4n) is 1.94. The Bertz CT molecular complexity index is 809. The number of methoxy groups -OCH3 is 2. The fraction of sp³-hybridized carbons (Fsp3) is 0.200. The van der Waals surface area contributed by atoms with E-state index in [1.807, 2.05) is 0 Å². The highest BCUT2D eigenvalue weighted by molar-refractivity contribution is 7.89. The molecular weight excluding hydrogens is 361 g/mol. The van der Waals surface area contributed by atoms with Crippen LogP contribution in [0.2, 0.25) is 10.0 Å². The monoisotopic (exact) mass is 375 g/mol. The molecule has 1 N–H and O–H groups in total. The Morgan fingerprint density at radius 1 is 1.04 bits per heavy atom. The highest BCUT2D eigenvalue weighted by Gasteiger charge is 2.19. The molecule has 23 heavy (non-hydrogen) atoms. The molecule has 0 spiro atoms. The molecule has 0 aliphatic heterocycles. The van der Waals surface area contributed by atoms with E-state index in [1.54, 1.807) is 18.2 Å². The summed E-state index contributed by atoms with van der Waals surface area (Å²) >= 11 is 11.8. The second-order valence-electron chi connectivity index (χ2n) is 4.57. The number of rotatable bonds is 6. The first kappa shape index (κ1) is 17.9. The lowest BCUT2D eigenvalue weighted by molar-refractivity contribution is 0.354. The van der Waals surface area contributed by atoms with Gasteiger partial charge in [0.1, 0.15) is 4.90 Å². The summed E-state index contributed by atoms with van der Waals surface area (Å²) in [6, 6.07) is 9.58. The summed E-state index contributed by atoms with van der Waals surface area (Å²) in [6.07, 6.45) is 0. The van der Waals surface area contributed by atoms with Crippen molar-refractivity contribution in [3.8, 4) is 11.5 Å². The SMILES string of the molecule is COc1ccc(CNS(=O)(=O)c2cccc(Cl)c2Cl)cc1OC. The fourth-order valence-corrected chi connectivity index (χ4v) is 3.72. The minimum absolute atomic E-state index is 0.00558. The molecule has 0 radical (unpaired) electrons. The zero-order chi connectivity index (χ0) is 17.0. The van der Waals surface area contributed by atoms with Gasteiger partial charge in [-0.05, 0) is 29.8 Å². The minimum atomic E-state index is -3.79. The van der Waals surface area contributed by atoms with Crippen LogP contribution >= 0.6 is 23.2 Å². The van der Waals surface area contributed by atoms with Crippen molar-refractivity contribution < 1.29 is 17.9 Å². The second-order valence-corrected chi connectivity index (χ2v) is 7.09. The van der Waals surface area contributed by atoms with E-state index in [4.69, 9.17) is 32.7 Å². The minimum Gasteiger partial charge on any atom is -0.493 e. The van der Waals surface area contributed by atoms with Crippen LogP contribution in [0.4, 0.5) is 0 Å². The Balaban J connectivity index is 2.21. The molecule has 2 aromatic rings. The van der Waals surface area contributed by atoms with Crippen molar-refractivity contribution in [1.29, 1.82) is 0 Å². The van der Waals surface area contributed by atoms with Gasteiger partial charge >= 0.3 is 0 Å². The van der Waals surface area contributed by atoms with E-state index in [-0.39, 0.29) is 21.5 Å². The molecule has 0 bridgehead atoms. The topological polar surface area (TPSA) is 64.6 Å². The zero-order valence-corrected chi connectivity index (χ0v) is 14.8. The first-order chi connectivity index (χ1) is 10.9. The molecule has 8 heteroatoms. The van der Waals surface area contributed by atoms with Gasteiger partial charge in [-0.1, -0.05) is 35.3 Å². The highest BCUT2D eigenvalue weighted by Crippen LogP contribution is 2.30. The normalized spacial score (nSPS) is 11.3. The standard InChI is InChI=1S/C15H15Cl2NO4S/c1-21-12-7-6-10(8-13(12)22-2)9-18-23(19,20)14-5-3-4-11(16)15(14)17/h3-8,18H,9H2,1-2H3. The summed E-state index contributed by atoms with van der Waals surface area (Å²) in [5, 5.41) is 0.176. The van der Waals surface area contributed by atoms with Crippen LogP contribution < -0.4 is 14.2 Å². The van der Waals surface area contributed by atoms with Crippen LogP contribution in [0.1, 0.15) is 5.56 Å². The number of nitrogens with one attached hydrogen (secondary N) is 1. The van der Waals surface area contributed by atoms with E-state index in [1.165, 1.54) is 32.4 Å². The van der Waals surface area contributed by atoms with Gasteiger partial charge in [0.05, 0.1) is 24.3 Å². The Kier molecular flexibility index (Phi) is 5.75. The molecule has 0 saturated carbocycles. The third-order valence-electron chi connectivity index (χ3n) is 3.12. The lowest BCUT2D eigenvalue weighted by atomic mass is 10.2. The quantitative estimate of drug-likeness (QED) is 0.838. The Labute approximate surface area is 145 Å². The molecule has 0 heterocycles. The van der Waals surface area contributed by atoms with Gasteiger partial charge in [0.2, 0.25) is 10.0 Å². The van der Waals surface area contributed by atoms with Crippen LogP contribution in [0.5, 0.6) is 11.5 Å². The highest BCUT2D eigenvalue weighted by atomic mass is 35.5. The summed E-state index contributed by atoms with van der Waals surface area (Å²) in [7, 11) is -0.745. The Morgan fingerprint density at radius 2 is 1.74 bits per heavy atom. The number of benzene rings is 2. The van der Waals surface area contributed by atoms with Crippen molar-refractivity contribution in [2.75, 3.05) is 14.2 Å². The molecule has 0 aliphatic rings. The largest absolute Gasteiger partial charge is 0.493 e. The maximum atomic E-state index is 12.3. The summed E-state index contributed by atoms with van der Waals surface area (Å²) in [5.41, 5.74) is 0.712. The van der Waals surface area contributed by atoms with E-state index in [0.29, 0.717) is 17.1 Å². The maximum Gasteiger partial charge on any atom is 0.242 e. The first-order valence-corrected chi connectivity index (χ1v) is 8.77. The summed E-state index contributed by atoms with van der Waals surface area (Å²) in [4.78, 5) is -0.0628. The predicted molar refractivity (Wildman–Crippen MR) is 90.0 cm³/mol. The Morgan fingerprint density at radius 3 is 2.39 bits per heavy atom. The third-order valence-corrected chi connectivity index (χ3v) is 5.49. The van der Waals surface area contributed by atoms with Gasteiger partial charge in [-0.2, -0.15) is 0 Å². The van der Waals surface area contributed by atoms with Gasteiger partial charge in [0.15, 0.2) is 11.5 Å². The third kappa shape index (κ3) is 4.09. The van der Waals surface area contributed by atoms with Crippen LogP contribution in [0.3, 0.4) is 0 Å². The van der Waals surface area contributed by atoms with E-state index in [2.05, 4.69) is 4.72 Å². The van der Waals surface area contributed by atoms with Gasteiger partial charge in [-0.3, -0.25) is 0 Å². The average Bonchev–Trinajstić information content (AvgIpc) is 2.55. The molecule has 5 nitrogen and oxygen atoms in total. The van der Waals surface area contributed by atoms with Crippen LogP contribution in [-0.4, -0.2) is 22.6 Å². The van der Waals surface area contributed by atoms with Crippen LogP contribution in [0, 0.1) is 0 Å². The molecule has 0 aromatic heterocycles. The molecule has 124 valence electrons. The second kappa shape index (κ2) is 7.40. The number of halogens is 2. The summed E-state index contributed by atoms with van der Waals surface area (Å²) in [5.74, 6) is 1.09. The van der Waals surface area contributed by atoms with Gasteiger partial charge < -0.3 is 9.47 Å². The van der Waals surface area contributed by atoms with Crippen molar-refractivity contribution in [2.45, 2.75) is 11.4 Å². The molecule has 2 aromatic carbocycles. The van der Waals surface area contributed by atoms with Gasteiger partial charge in [-0.25, -0.2) is 13.1 Å². The van der Waals surface area contributed by atoms with Crippen LogP contribution in [-0.2, 0) is 16.6 Å². The van der Waals surface area contributed by atoms with Crippen molar-refractivity contribution >= 4 is 33.2 Å². The molecule has 0 atom stereocenters. The van der Waals surface area contributed by atoms with E-state index in [0.717, 1.165) is 0 Å². The first-order valence-electron chi connectivity index (χ1n) is 6.53. The van der Waals surface area contributed by atoms with Crippen LogP contribution in [0.15, 0.2) is 41.3 Å². The van der Waals surface area contributed by atoms with Gasteiger partial charge in [0.25, 0.3) is 0 Å². The number of hydrogen-bond donors (Lipinski definition) is 1. The number of hydrogen-bond acceptors (Lipinski definition) is 4.